The Bertz CT molecular complexity index is 338. The summed E-state index contributed by atoms with van der Waals surface area (Å²) in [5.74, 6) is 0.304. The van der Waals surface area contributed by atoms with Gasteiger partial charge < -0.3 is 5.11 Å². The second-order valence-corrected chi connectivity index (χ2v) is 6.78. The molecule has 0 fully saturated rings. The van der Waals surface area contributed by atoms with Crippen LogP contribution in [0.2, 0.25) is 0 Å². The van der Waals surface area contributed by atoms with E-state index >= 15 is 0 Å². The molecule has 1 unspecified atom stereocenters. The summed E-state index contributed by atoms with van der Waals surface area (Å²) in [6.45, 7) is 6.28. The predicted molar refractivity (Wildman–Crippen MR) is 99.1 cm³/mol. The Kier molecular flexibility index (Phi) is 15.2. The molecule has 4 nitrogen and oxygen atoms in total. The van der Waals surface area contributed by atoms with Crippen molar-refractivity contribution >= 4 is 0 Å². The first kappa shape index (κ1) is 22.0. The third kappa shape index (κ3) is 13.2. The van der Waals surface area contributed by atoms with Crippen molar-refractivity contribution in [2.24, 2.45) is 17.0 Å². The summed E-state index contributed by atoms with van der Waals surface area (Å²) < 4.78 is 0. The van der Waals surface area contributed by atoms with Gasteiger partial charge in [0.2, 0.25) is 0 Å². The Morgan fingerprint density at radius 2 is 1.52 bits per heavy atom. The summed E-state index contributed by atoms with van der Waals surface area (Å²) >= 11 is 0. The first-order valence-electron chi connectivity index (χ1n) is 9.50. The van der Waals surface area contributed by atoms with Gasteiger partial charge in [-0.1, -0.05) is 89.4 Å². The van der Waals surface area contributed by atoms with E-state index in [1.807, 2.05) is 6.92 Å². The number of hydrogen-bond acceptors (Lipinski definition) is 2. The van der Waals surface area contributed by atoms with E-state index in [9.17, 15) is 5.11 Å². The second kappa shape index (κ2) is 15.9. The molecule has 0 saturated heterocycles. The Hall–Kier alpha value is -0.990. The molecule has 0 heterocycles. The molecule has 3 atom stereocenters. The van der Waals surface area contributed by atoms with Crippen LogP contribution in [0.3, 0.4) is 0 Å². The maximum Gasteiger partial charge on any atom is 0.135 e. The highest BCUT2D eigenvalue weighted by Gasteiger charge is 2.18. The van der Waals surface area contributed by atoms with Crippen LogP contribution in [0.15, 0.2) is 17.3 Å². The van der Waals surface area contributed by atoms with Gasteiger partial charge in [0, 0.05) is 4.91 Å². The number of azide groups is 1. The highest BCUT2D eigenvalue weighted by molar-refractivity contribution is 4.85. The summed E-state index contributed by atoms with van der Waals surface area (Å²) in [4.78, 5) is 2.66. The van der Waals surface area contributed by atoms with Crippen LogP contribution in [0.5, 0.6) is 0 Å². The zero-order valence-corrected chi connectivity index (χ0v) is 15.5. The Morgan fingerprint density at radius 3 is 2.09 bits per heavy atom. The smallest absolute Gasteiger partial charge is 0.135 e. The quantitative estimate of drug-likeness (QED) is 0.117. The third-order valence-electron chi connectivity index (χ3n) is 4.69. The van der Waals surface area contributed by atoms with E-state index < -0.39 is 6.23 Å². The third-order valence-corrected chi connectivity index (χ3v) is 4.69. The lowest BCUT2D eigenvalue weighted by atomic mass is 9.91. The molecule has 0 aliphatic heterocycles. The van der Waals surface area contributed by atoms with Gasteiger partial charge >= 0.3 is 0 Å². The lowest BCUT2D eigenvalue weighted by Crippen LogP contribution is -2.21. The van der Waals surface area contributed by atoms with E-state index in [-0.39, 0.29) is 5.92 Å². The molecule has 0 saturated carbocycles. The minimum Gasteiger partial charge on any atom is -0.387 e. The van der Waals surface area contributed by atoms with Gasteiger partial charge in [-0.05, 0) is 36.6 Å². The van der Waals surface area contributed by atoms with Gasteiger partial charge in [0.05, 0.1) is 0 Å². The average molecular weight is 324 g/mol. The van der Waals surface area contributed by atoms with Crippen molar-refractivity contribution in [1.82, 2.24) is 0 Å². The normalized spacial score (nSPS) is 15.3. The Labute approximate surface area is 143 Å². The number of nitrogens with zero attached hydrogens (tertiary/aromatic N) is 3. The van der Waals surface area contributed by atoms with Gasteiger partial charge in [0.25, 0.3) is 0 Å². The molecule has 4 heteroatoms. The molecule has 0 aliphatic rings. The van der Waals surface area contributed by atoms with Gasteiger partial charge in [-0.15, -0.1) is 0 Å². The van der Waals surface area contributed by atoms with Crippen molar-refractivity contribution in [3.63, 3.8) is 0 Å². The molecule has 0 bridgehead atoms. The van der Waals surface area contributed by atoms with E-state index in [4.69, 9.17) is 5.53 Å². The van der Waals surface area contributed by atoms with Crippen LogP contribution < -0.4 is 0 Å². The number of aliphatic hydroxyl groups is 1. The zero-order valence-electron chi connectivity index (χ0n) is 15.5. The van der Waals surface area contributed by atoms with Gasteiger partial charge in [0.1, 0.15) is 6.23 Å². The summed E-state index contributed by atoms with van der Waals surface area (Å²) in [6, 6.07) is 0. The highest BCUT2D eigenvalue weighted by atomic mass is 16.3. The maximum absolute atomic E-state index is 9.63. The van der Waals surface area contributed by atoms with Crippen LogP contribution in [0.25, 0.3) is 10.4 Å². The molecule has 1 N–H and O–H groups in total. The van der Waals surface area contributed by atoms with Crippen molar-refractivity contribution in [2.45, 2.75) is 97.6 Å². The lowest BCUT2D eigenvalue weighted by molar-refractivity contribution is 0.0940. The standard InChI is InChI=1S/C19H37N3O/c1-4-5-6-7-8-9-10-11-12-13-14-15-16-17(2)18(3)19(23)21-22-20/h14-15,17-19,23H,4-13,16H2,1-3H3/b15-14+/t17?,18-,19-/m1/s1. The molecular formula is C19H37N3O. The Balaban J connectivity index is 3.51. The largest absolute Gasteiger partial charge is 0.387 e. The van der Waals surface area contributed by atoms with Crippen molar-refractivity contribution in [3.05, 3.63) is 22.6 Å². The molecule has 0 radical (unpaired) electrons. The fraction of sp³-hybridized carbons (Fsp3) is 0.895. The molecule has 0 aromatic rings. The molecule has 0 amide bonds. The van der Waals surface area contributed by atoms with Crippen LogP contribution >= 0.6 is 0 Å². The second-order valence-electron chi connectivity index (χ2n) is 6.78. The van der Waals surface area contributed by atoms with E-state index in [0.717, 1.165) is 12.8 Å². The number of hydrogen-bond donors (Lipinski definition) is 1. The predicted octanol–water partition coefficient (Wildman–Crippen LogP) is 6.75. The van der Waals surface area contributed by atoms with Crippen molar-refractivity contribution < 1.29 is 5.11 Å². The molecule has 0 rings (SSSR count). The maximum atomic E-state index is 9.63. The average Bonchev–Trinajstić information content (AvgIpc) is 2.55. The summed E-state index contributed by atoms with van der Waals surface area (Å²) in [7, 11) is 0. The minimum atomic E-state index is -0.916. The van der Waals surface area contributed by atoms with Crippen molar-refractivity contribution in [3.8, 4) is 0 Å². The molecule has 23 heavy (non-hydrogen) atoms. The lowest BCUT2D eigenvalue weighted by Gasteiger charge is -2.20. The van der Waals surface area contributed by atoms with Gasteiger partial charge in [-0.3, -0.25) is 0 Å². The number of rotatable bonds is 15. The van der Waals surface area contributed by atoms with Crippen LogP contribution in [-0.4, -0.2) is 11.3 Å². The van der Waals surface area contributed by atoms with Crippen LogP contribution in [0.1, 0.15) is 91.4 Å². The van der Waals surface area contributed by atoms with E-state index in [1.165, 1.54) is 57.8 Å². The minimum absolute atomic E-state index is 0.0109. The monoisotopic (exact) mass is 323 g/mol. The van der Waals surface area contributed by atoms with Gasteiger partial charge in [0.15, 0.2) is 0 Å². The first-order chi connectivity index (χ1) is 11.1. The molecule has 0 aliphatic carbocycles. The van der Waals surface area contributed by atoms with E-state index in [2.05, 4.69) is 36.0 Å². The van der Waals surface area contributed by atoms with Crippen molar-refractivity contribution in [2.75, 3.05) is 0 Å². The first-order valence-corrected chi connectivity index (χ1v) is 9.50. The number of unbranched alkanes of at least 4 members (excludes halogenated alkanes) is 9. The topological polar surface area (TPSA) is 69.0 Å². The molecule has 0 aromatic carbocycles. The van der Waals surface area contributed by atoms with Crippen LogP contribution in [0.4, 0.5) is 0 Å². The molecule has 0 aromatic heterocycles. The summed E-state index contributed by atoms with van der Waals surface area (Å²) in [6.07, 6.45) is 17.9. The molecular weight excluding hydrogens is 286 g/mol. The van der Waals surface area contributed by atoms with Gasteiger partial charge in [-0.2, -0.15) is 0 Å². The number of allylic oxidation sites excluding steroid dienone is 2. The van der Waals surface area contributed by atoms with E-state index in [1.54, 1.807) is 0 Å². The van der Waals surface area contributed by atoms with Crippen LogP contribution in [0, 0.1) is 11.8 Å². The van der Waals surface area contributed by atoms with Crippen molar-refractivity contribution in [1.29, 1.82) is 0 Å². The fourth-order valence-electron chi connectivity index (χ4n) is 2.67. The fourth-order valence-corrected chi connectivity index (χ4v) is 2.67. The highest BCUT2D eigenvalue weighted by Crippen LogP contribution is 2.20. The SMILES string of the molecule is CCCCCCCCCCC/C=C/CC(C)[C@@H](C)[C@@H](O)N=[N+]=[N-]. The zero-order chi connectivity index (χ0) is 17.3. The number of aliphatic hydroxyl groups excluding tert-OH is 1. The molecule has 134 valence electrons. The summed E-state index contributed by atoms with van der Waals surface area (Å²) in [5, 5.41) is 13.0. The molecule has 0 spiro atoms. The van der Waals surface area contributed by atoms with Crippen LogP contribution in [-0.2, 0) is 0 Å². The van der Waals surface area contributed by atoms with Gasteiger partial charge in [-0.25, -0.2) is 0 Å². The van der Waals surface area contributed by atoms with E-state index in [0.29, 0.717) is 5.92 Å². The summed E-state index contributed by atoms with van der Waals surface area (Å²) in [5.41, 5.74) is 8.34. The Morgan fingerprint density at radius 1 is 0.957 bits per heavy atom.